The van der Waals surface area contributed by atoms with E-state index in [0.717, 1.165) is 11.3 Å². The summed E-state index contributed by atoms with van der Waals surface area (Å²) in [5, 5.41) is 8.42. The zero-order valence-corrected chi connectivity index (χ0v) is 10.4. The van der Waals surface area contributed by atoms with Gasteiger partial charge in [-0.05, 0) is 38.5 Å². The van der Waals surface area contributed by atoms with Crippen molar-refractivity contribution in [2.45, 2.75) is 33.0 Å². The fourth-order valence-electron chi connectivity index (χ4n) is 1.26. The first-order chi connectivity index (χ1) is 7.87. The molecule has 0 fully saturated rings. The molecule has 1 N–H and O–H groups in total. The molecule has 0 aliphatic heterocycles. The first kappa shape index (κ1) is 13.5. The highest BCUT2D eigenvalue weighted by atomic mass is 16.5. The normalized spacial score (nSPS) is 11.2. The smallest absolute Gasteiger partial charge is 0.329 e. The van der Waals surface area contributed by atoms with E-state index in [9.17, 15) is 4.79 Å². The minimum atomic E-state index is -0.960. The van der Waals surface area contributed by atoms with Gasteiger partial charge in [-0.15, -0.1) is 0 Å². The van der Waals surface area contributed by atoms with Crippen LogP contribution in [0.15, 0.2) is 24.3 Å². The molecule has 0 spiro atoms. The number of carbonyl (C=O) groups is 1. The summed E-state index contributed by atoms with van der Waals surface area (Å²) in [7, 11) is 0. The minimum Gasteiger partial charge on any atom is -0.488 e. The van der Waals surface area contributed by atoms with Gasteiger partial charge in [0.2, 0.25) is 0 Å². The highest BCUT2D eigenvalue weighted by Crippen LogP contribution is 2.18. The molecule has 0 aromatic heterocycles. The van der Waals surface area contributed by atoms with Crippen LogP contribution < -0.4 is 4.74 Å². The van der Waals surface area contributed by atoms with Gasteiger partial charge in [-0.25, -0.2) is 4.79 Å². The van der Waals surface area contributed by atoms with Crippen molar-refractivity contribution in [3.63, 3.8) is 0 Å². The van der Waals surface area contributed by atoms with Gasteiger partial charge in [0, 0.05) is 0 Å². The largest absolute Gasteiger partial charge is 0.488 e. The summed E-state index contributed by atoms with van der Waals surface area (Å²) >= 11 is 0. The molecule has 0 unspecified atom stereocenters. The van der Waals surface area contributed by atoms with Crippen LogP contribution in [-0.4, -0.2) is 23.3 Å². The molecule has 0 aliphatic carbocycles. The van der Waals surface area contributed by atoms with Crippen LogP contribution >= 0.6 is 0 Å². The van der Waals surface area contributed by atoms with E-state index in [1.54, 1.807) is 0 Å². The first-order valence-electron chi connectivity index (χ1n) is 5.44. The molecular formula is C13H18O4. The Labute approximate surface area is 101 Å². The van der Waals surface area contributed by atoms with Crippen LogP contribution in [0.3, 0.4) is 0 Å². The quantitative estimate of drug-likeness (QED) is 0.856. The number of ether oxygens (including phenoxy) is 2. The fourth-order valence-corrected chi connectivity index (χ4v) is 1.26. The highest BCUT2D eigenvalue weighted by molar-refractivity contribution is 5.67. The van der Waals surface area contributed by atoms with Gasteiger partial charge in [-0.3, -0.25) is 0 Å². The summed E-state index contributed by atoms with van der Waals surface area (Å²) in [6.45, 7) is 5.97. The molecule has 1 aromatic rings. The Kier molecular flexibility index (Phi) is 4.52. The minimum absolute atomic E-state index is 0.221. The molecule has 0 saturated heterocycles. The lowest BCUT2D eigenvalue weighted by molar-refractivity contribution is -0.142. The maximum absolute atomic E-state index is 10.3. The predicted octanol–water partition coefficient (Wildman–Crippen LogP) is 2.47. The first-order valence-corrected chi connectivity index (χ1v) is 5.44. The van der Waals surface area contributed by atoms with Crippen molar-refractivity contribution in [3.05, 3.63) is 29.8 Å². The Morgan fingerprint density at radius 3 is 2.29 bits per heavy atom. The molecule has 0 heterocycles. The van der Waals surface area contributed by atoms with Crippen LogP contribution in [0, 0.1) is 0 Å². The Bertz CT molecular complexity index is 362. The summed E-state index contributed by atoms with van der Waals surface area (Å²) in [6.07, 6.45) is 0. The van der Waals surface area contributed by atoms with Gasteiger partial charge in [-0.2, -0.15) is 0 Å². The summed E-state index contributed by atoms with van der Waals surface area (Å²) < 4.78 is 10.6. The molecule has 0 saturated carbocycles. The van der Waals surface area contributed by atoms with Crippen molar-refractivity contribution in [2.24, 2.45) is 0 Å². The van der Waals surface area contributed by atoms with Crippen LogP contribution in [0.1, 0.15) is 26.3 Å². The monoisotopic (exact) mass is 238 g/mol. The average molecular weight is 238 g/mol. The molecule has 4 heteroatoms. The van der Waals surface area contributed by atoms with E-state index in [4.69, 9.17) is 14.6 Å². The van der Waals surface area contributed by atoms with Gasteiger partial charge >= 0.3 is 5.97 Å². The van der Waals surface area contributed by atoms with Crippen molar-refractivity contribution in [1.82, 2.24) is 0 Å². The maximum Gasteiger partial charge on any atom is 0.329 e. The zero-order valence-electron chi connectivity index (χ0n) is 10.4. The average Bonchev–Trinajstić information content (AvgIpc) is 2.18. The number of carboxylic acid groups (broad SMARTS) is 1. The standard InChI is InChI=1S/C13H18O4/c1-13(2,3)17-11-6-4-10(5-7-11)8-16-9-12(14)15/h4-7H,8-9H2,1-3H3,(H,14,15). The summed E-state index contributed by atoms with van der Waals surface area (Å²) in [4.78, 5) is 10.3. The second-order valence-electron chi connectivity index (χ2n) is 4.74. The second kappa shape index (κ2) is 5.68. The lowest BCUT2D eigenvalue weighted by atomic mass is 10.2. The molecular weight excluding hydrogens is 220 g/mol. The third-order valence-electron chi connectivity index (χ3n) is 1.84. The number of rotatable bonds is 5. The van der Waals surface area contributed by atoms with Crippen LogP contribution in [0.2, 0.25) is 0 Å². The van der Waals surface area contributed by atoms with Crippen LogP contribution in [0.5, 0.6) is 5.75 Å². The Hall–Kier alpha value is -1.55. The maximum atomic E-state index is 10.3. The van der Waals surface area contributed by atoms with E-state index >= 15 is 0 Å². The Morgan fingerprint density at radius 1 is 1.24 bits per heavy atom. The number of hydrogen-bond acceptors (Lipinski definition) is 3. The Morgan fingerprint density at radius 2 is 1.82 bits per heavy atom. The SMILES string of the molecule is CC(C)(C)Oc1ccc(COCC(=O)O)cc1. The van der Waals surface area contributed by atoms with Crippen molar-refractivity contribution in [1.29, 1.82) is 0 Å². The molecule has 4 nitrogen and oxygen atoms in total. The number of hydrogen-bond donors (Lipinski definition) is 1. The molecule has 0 atom stereocenters. The van der Waals surface area contributed by atoms with E-state index in [1.807, 2.05) is 45.0 Å². The predicted molar refractivity (Wildman–Crippen MR) is 64.1 cm³/mol. The second-order valence-corrected chi connectivity index (χ2v) is 4.74. The lowest BCUT2D eigenvalue weighted by Gasteiger charge is -2.21. The summed E-state index contributed by atoms with van der Waals surface area (Å²) in [5.41, 5.74) is 0.703. The molecule has 1 rings (SSSR count). The molecule has 17 heavy (non-hydrogen) atoms. The fraction of sp³-hybridized carbons (Fsp3) is 0.462. The van der Waals surface area contributed by atoms with E-state index in [1.165, 1.54) is 0 Å². The van der Waals surface area contributed by atoms with Crippen molar-refractivity contribution >= 4 is 5.97 Å². The van der Waals surface area contributed by atoms with Gasteiger partial charge in [0.15, 0.2) is 0 Å². The number of benzene rings is 1. The van der Waals surface area contributed by atoms with Crippen LogP contribution in [0.4, 0.5) is 0 Å². The Balaban J connectivity index is 2.47. The van der Waals surface area contributed by atoms with Gasteiger partial charge < -0.3 is 14.6 Å². The van der Waals surface area contributed by atoms with Gasteiger partial charge in [-0.1, -0.05) is 12.1 Å². The van der Waals surface area contributed by atoms with E-state index < -0.39 is 5.97 Å². The number of carboxylic acids is 1. The van der Waals surface area contributed by atoms with Gasteiger partial charge in [0.25, 0.3) is 0 Å². The lowest BCUT2D eigenvalue weighted by Crippen LogP contribution is -2.22. The van der Waals surface area contributed by atoms with Crippen molar-refractivity contribution in [2.75, 3.05) is 6.61 Å². The summed E-state index contributed by atoms with van der Waals surface area (Å²) in [6, 6.07) is 7.43. The van der Waals surface area contributed by atoms with Crippen molar-refractivity contribution in [3.8, 4) is 5.75 Å². The third kappa shape index (κ3) is 5.92. The molecule has 0 aliphatic rings. The zero-order chi connectivity index (χ0) is 12.9. The number of aliphatic carboxylic acids is 1. The van der Waals surface area contributed by atoms with E-state index in [-0.39, 0.29) is 12.2 Å². The third-order valence-corrected chi connectivity index (χ3v) is 1.84. The molecule has 0 amide bonds. The highest BCUT2D eigenvalue weighted by Gasteiger charge is 2.11. The van der Waals surface area contributed by atoms with Crippen LogP contribution in [-0.2, 0) is 16.1 Å². The molecule has 0 bridgehead atoms. The molecule has 0 radical (unpaired) electrons. The molecule has 94 valence electrons. The molecule has 1 aromatic carbocycles. The summed E-state index contributed by atoms with van der Waals surface area (Å²) in [5.74, 6) is -0.169. The topological polar surface area (TPSA) is 55.8 Å². The van der Waals surface area contributed by atoms with E-state index in [0.29, 0.717) is 6.61 Å². The van der Waals surface area contributed by atoms with Crippen molar-refractivity contribution < 1.29 is 19.4 Å². The van der Waals surface area contributed by atoms with Crippen LogP contribution in [0.25, 0.3) is 0 Å². The van der Waals surface area contributed by atoms with E-state index in [2.05, 4.69) is 0 Å². The van der Waals surface area contributed by atoms with Gasteiger partial charge in [0.05, 0.1) is 6.61 Å². The van der Waals surface area contributed by atoms with Gasteiger partial charge in [0.1, 0.15) is 18.0 Å².